The predicted molar refractivity (Wildman–Crippen MR) is 94.6 cm³/mol. The number of pyridine rings is 1. The van der Waals surface area contributed by atoms with Crippen molar-refractivity contribution in [1.29, 1.82) is 0 Å². The lowest BCUT2D eigenvalue weighted by molar-refractivity contribution is -0.124. The van der Waals surface area contributed by atoms with E-state index in [0.29, 0.717) is 42.2 Å². The van der Waals surface area contributed by atoms with Gasteiger partial charge < -0.3 is 15.0 Å². The molecule has 1 aliphatic heterocycles. The summed E-state index contributed by atoms with van der Waals surface area (Å²) in [6.45, 7) is 5.22. The number of hydrogen-bond donors (Lipinski definition) is 1. The van der Waals surface area contributed by atoms with E-state index in [4.69, 9.17) is 4.74 Å². The summed E-state index contributed by atoms with van der Waals surface area (Å²) in [6.07, 6.45) is 4.04. The SMILES string of the molecule is CCC(C(=O)NCc1cc2c(nc1OC)CN(CC)C2=O)n1cccn1. The molecule has 0 aromatic carbocycles. The van der Waals surface area contributed by atoms with E-state index < -0.39 is 0 Å². The lowest BCUT2D eigenvalue weighted by Crippen LogP contribution is -2.32. The van der Waals surface area contributed by atoms with E-state index in [1.54, 1.807) is 34.1 Å². The van der Waals surface area contributed by atoms with Gasteiger partial charge in [-0.05, 0) is 25.5 Å². The van der Waals surface area contributed by atoms with Gasteiger partial charge in [0.25, 0.3) is 5.91 Å². The highest BCUT2D eigenvalue weighted by atomic mass is 16.5. The Labute approximate surface area is 152 Å². The topological polar surface area (TPSA) is 89.4 Å². The van der Waals surface area contributed by atoms with Gasteiger partial charge in [0.05, 0.1) is 24.9 Å². The Morgan fingerprint density at radius 1 is 1.42 bits per heavy atom. The van der Waals surface area contributed by atoms with Gasteiger partial charge in [0.2, 0.25) is 11.8 Å². The molecular weight excluding hydrogens is 334 g/mol. The monoisotopic (exact) mass is 357 g/mol. The van der Waals surface area contributed by atoms with Gasteiger partial charge in [-0.2, -0.15) is 5.10 Å². The van der Waals surface area contributed by atoms with Gasteiger partial charge >= 0.3 is 0 Å². The summed E-state index contributed by atoms with van der Waals surface area (Å²) in [6, 6.07) is 3.18. The third kappa shape index (κ3) is 3.26. The molecule has 3 rings (SSSR count). The molecule has 0 saturated carbocycles. The van der Waals surface area contributed by atoms with Crippen molar-refractivity contribution in [1.82, 2.24) is 25.0 Å². The summed E-state index contributed by atoms with van der Waals surface area (Å²) in [4.78, 5) is 31.1. The van der Waals surface area contributed by atoms with E-state index in [1.807, 2.05) is 13.8 Å². The van der Waals surface area contributed by atoms with E-state index in [-0.39, 0.29) is 24.4 Å². The molecule has 0 aliphatic carbocycles. The second kappa shape index (κ2) is 7.55. The molecule has 0 saturated heterocycles. The molecule has 1 N–H and O–H groups in total. The lowest BCUT2D eigenvalue weighted by atomic mass is 10.1. The molecule has 138 valence electrons. The Bertz CT molecular complexity index is 803. The highest BCUT2D eigenvalue weighted by Crippen LogP contribution is 2.27. The van der Waals surface area contributed by atoms with Crippen molar-refractivity contribution in [3.05, 3.63) is 41.3 Å². The van der Waals surface area contributed by atoms with Crippen molar-refractivity contribution in [3.63, 3.8) is 0 Å². The Morgan fingerprint density at radius 2 is 2.23 bits per heavy atom. The van der Waals surface area contributed by atoms with Gasteiger partial charge in [0.15, 0.2) is 0 Å². The number of aromatic nitrogens is 3. The molecule has 2 amide bonds. The zero-order valence-electron chi connectivity index (χ0n) is 15.2. The van der Waals surface area contributed by atoms with E-state index in [2.05, 4.69) is 15.4 Å². The second-order valence-corrected chi connectivity index (χ2v) is 6.10. The molecule has 8 heteroatoms. The molecule has 0 spiro atoms. The fraction of sp³-hybridized carbons (Fsp3) is 0.444. The van der Waals surface area contributed by atoms with Gasteiger partial charge in [0.1, 0.15) is 6.04 Å². The van der Waals surface area contributed by atoms with Gasteiger partial charge in [-0.3, -0.25) is 14.3 Å². The summed E-state index contributed by atoms with van der Waals surface area (Å²) < 4.78 is 6.99. The van der Waals surface area contributed by atoms with Crippen LogP contribution in [0.3, 0.4) is 0 Å². The highest BCUT2D eigenvalue weighted by Gasteiger charge is 2.29. The molecule has 3 heterocycles. The number of fused-ring (bicyclic) bond motifs is 1. The minimum Gasteiger partial charge on any atom is -0.481 e. The second-order valence-electron chi connectivity index (χ2n) is 6.10. The van der Waals surface area contributed by atoms with Crippen LogP contribution in [0.4, 0.5) is 0 Å². The van der Waals surface area contributed by atoms with Crippen LogP contribution in [0.2, 0.25) is 0 Å². The summed E-state index contributed by atoms with van der Waals surface area (Å²) in [5.41, 5.74) is 1.98. The van der Waals surface area contributed by atoms with Crippen LogP contribution in [0.15, 0.2) is 24.5 Å². The Morgan fingerprint density at radius 3 is 2.85 bits per heavy atom. The van der Waals surface area contributed by atoms with Crippen molar-refractivity contribution >= 4 is 11.8 Å². The first-order valence-corrected chi connectivity index (χ1v) is 8.71. The maximum Gasteiger partial charge on any atom is 0.256 e. The minimum absolute atomic E-state index is 0.0341. The normalized spacial score (nSPS) is 14.3. The minimum atomic E-state index is -0.379. The maximum atomic E-state index is 12.5. The zero-order valence-corrected chi connectivity index (χ0v) is 15.2. The molecule has 1 aliphatic rings. The van der Waals surface area contributed by atoms with Gasteiger partial charge in [-0.1, -0.05) is 6.92 Å². The fourth-order valence-electron chi connectivity index (χ4n) is 3.12. The van der Waals surface area contributed by atoms with Gasteiger partial charge in [-0.15, -0.1) is 0 Å². The third-order valence-corrected chi connectivity index (χ3v) is 4.56. The molecule has 0 bridgehead atoms. The number of carbonyl (C=O) groups is 2. The van der Waals surface area contributed by atoms with Gasteiger partial charge in [-0.25, -0.2) is 4.98 Å². The number of nitrogens with one attached hydrogen (secondary N) is 1. The number of ether oxygens (including phenoxy) is 1. The zero-order chi connectivity index (χ0) is 18.7. The summed E-state index contributed by atoms with van der Waals surface area (Å²) in [7, 11) is 1.53. The number of nitrogens with zero attached hydrogens (tertiary/aromatic N) is 4. The molecule has 8 nitrogen and oxygen atoms in total. The average molecular weight is 357 g/mol. The number of carbonyl (C=O) groups excluding carboxylic acids is 2. The van der Waals surface area contributed by atoms with Crippen LogP contribution in [0.5, 0.6) is 5.88 Å². The third-order valence-electron chi connectivity index (χ3n) is 4.56. The molecule has 1 atom stereocenters. The summed E-state index contributed by atoms with van der Waals surface area (Å²) in [5.74, 6) is 0.260. The molecule has 26 heavy (non-hydrogen) atoms. The highest BCUT2D eigenvalue weighted by molar-refractivity contribution is 5.98. The maximum absolute atomic E-state index is 12.5. The fourth-order valence-corrected chi connectivity index (χ4v) is 3.12. The van der Waals surface area contributed by atoms with Crippen LogP contribution in [0, 0.1) is 0 Å². The van der Waals surface area contributed by atoms with Crippen molar-refractivity contribution in [2.24, 2.45) is 0 Å². The largest absolute Gasteiger partial charge is 0.481 e. The Balaban J connectivity index is 1.77. The number of rotatable bonds is 7. The van der Waals surface area contributed by atoms with Gasteiger partial charge in [0, 0.05) is 31.0 Å². The predicted octanol–water partition coefficient (Wildman–Crippen LogP) is 1.53. The van der Waals surface area contributed by atoms with Crippen molar-refractivity contribution in [2.45, 2.75) is 39.4 Å². The van der Waals surface area contributed by atoms with E-state index in [1.165, 1.54) is 7.11 Å². The van der Waals surface area contributed by atoms with Crippen molar-refractivity contribution in [2.75, 3.05) is 13.7 Å². The van der Waals surface area contributed by atoms with Crippen LogP contribution in [-0.2, 0) is 17.9 Å². The summed E-state index contributed by atoms with van der Waals surface area (Å²) in [5, 5.41) is 7.04. The lowest BCUT2D eigenvalue weighted by Gasteiger charge is -2.16. The Hall–Kier alpha value is -2.90. The standard InChI is InChI=1S/C18H23N5O3/c1-4-15(23-8-6-7-20-23)16(24)19-10-12-9-13-14(21-17(12)26-3)11-22(5-2)18(13)25/h6-9,15H,4-5,10-11H2,1-3H3,(H,19,24). The van der Waals surface area contributed by atoms with E-state index >= 15 is 0 Å². The molecule has 1 unspecified atom stereocenters. The van der Waals surface area contributed by atoms with Crippen LogP contribution in [0.1, 0.15) is 47.9 Å². The number of amides is 2. The van der Waals surface area contributed by atoms with Crippen molar-refractivity contribution in [3.8, 4) is 5.88 Å². The quantitative estimate of drug-likeness (QED) is 0.812. The first-order chi connectivity index (χ1) is 12.6. The molecule has 2 aromatic heterocycles. The molecule has 2 aromatic rings. The number of hydrogen-bond acceptors (Lipinski definition) is 5. The average Bonchev–Trinajstić information content (AvgIpc) is 3.28. The van der Waals surface area contributed by atoms with Crippen LogP contribution in [-0.4, -0.2) is 45.1 Å². The van der Waals surface area contributed by atoms with Crippen LogP contribution < -0.4 is 10.1 Å². The Kier molecular flexibility index (Phi) is 5.20. The van der Waals surface area contributed by atoms with E-state index in [9.17, 15) is 9.59 Å². The smallest absolute Gasteiger partial charge is 0.256 e. The van der Waals surface area contributed by atoms with Crippen LogP contribution in [0.25, 0.3) is 0 Å². The molecular formula is C18H23N5O3. The van der Waals surface area contributed by atoms with Crippen molar-refractivity contribution < 1.29 is 14.3 Å². The van der Waals surface area contributed by atoms with E-state index in [0.717, 1.165) is 0 Å². The molecule has 0 fully saturated rings. The number of methoxy groups -OCH3 is 1. The summed E-state index contributed by atoms with van der Waals surface area (Å²) >= 11 is 0. The molecule has 0 radical (unpaired) electrons. The first kappa shape index (κ1) is 17.9. The van der Waals surface area contributed by atoms with Crippen LogP contribution >= 0.6 is 0 Å². The first-order valence-electron chi connectivity index (χ1n) is 8.71.